The number of benzene rings is 1. The van der Waals surface area contributed by atoms with E-state index in [1.54, 1.807) is 6.07 Å². The maximum atomic E-state index is 13.3. The van der Waals surface area contributed by atoms with Crippen LogP contribution < -0.4 is 0 Å². The highest BCUT2D eigenvalue weighted by molar-refractivity contribution is 14.1. The zero-order valence-electron chi connectivity index (χ0n) is 10.3. The number of hydrogen-bond donors (Lipinski definition) is 0. The van der Waals surface area contributed by atoms with Crippen LogP contribution in [0, 0.1) is 9.49 Å². The summed E-state index contributed by atoms with van der Waals surface area (Å²) in [5.74, 6) is -2.83. The van der Waals surface area contributed by atoms with Crippen LogP contribution in [-0.2, 0) is 0 Å². The van der Waals surface area contributed by atoms with Gasteiger partial charge in [0.15, 0.2) is 5.78 Å². The van der Waals surface area contributed by atoms with Crippen molar-refractivity contribution in [1.82, 2.24) is 0 Å². The summed E-state index contributed by atoms with van der Waals surface area (Å²) in [7, 11) is 0. The molecule has 19 heavy (non-hydrogen) atoms. The van der Waals surface area contributed by atoms with Crippen LogP contribution in [0.1, 0.15) is 42.5 Å². The molecule has 1 saturated carbocycles. The van der Waals surface area contributed by atoms with E-state index in [1.165, 1.54) is 0 Å². The molecule has 0 spiro atoms. The lowest BCUT2D eigenvalue weighted by Crippen LogP contribution is -2.27. The summed E-state index contributed by atoms with van der Waals surface area (Å²) >= 11 is 5.48. The van der Waals surface area contributed by atoms with Gasteiger partial charge in [0, 0.05) is 32.9 Å². The third-order valence-electron chi connectivity index (χ3n) is 3.45. The van der Waals surface area contributed by atoms with Gasteiger partial charge in [0.1, 0.15) is 0 Å². The lowest BCUT2D eigenvalue weighted by molar-refractivity contribution is -0.0521. The second-order valence-corrected chi connectivity index (χ2v) is 7.17. The second kappa shape index (κ2) is 6.16. The van der Waals surface area contributed by atoms with Gasteiger partial charge >= 0.3 is 0 Å². The Hall–Kier alpha value is -0.0400. The molecule has 104 valence electrons. The van der Waals surface area contributed by atoms with Crippen molar-refractivity contribution in [2.75, 3.05) is 0 Å². The first-order valence-corrected chi connectivity index (χ1v) is 8.11. The van der Waals surface area contributed by atoms with E-state index in [0.717, 1.165) is 14.5 Å². The quantitative estimate of drug-likeness (QED) is 0.449. The predicted octanol–water partition coefficient (Wildman–Crippen LogP) is 5.45. The molecular weight excluding hydrogens is 429 g/mol. The molecule has 0 heterocycles. The van der Waals surface area contributed by atoms with Crippen molar-refractivity contribution in [3.63, 3.8) is 0 Å². The van der Waals surface area contributed by atoms with Gasteiger partial charge in [-0.25, -0.2) is 8.78 Å². The molecule has 5 heteroatoms. The van der Waals surface area contributed by atoms with Crippen LogP contribution in [0.4, 0.5) is 8.78 Å². The maximum absolute atomic E-state index is 13.3. The molecule has 0 saturated heterocycles. The van der Waals surface area contributed by atoms with Gasteiger partial charge in [-0.2, -0.15) is 0 Å². The highest BCUT2D eigenvalue weighted by atomic mass is 127. The second-order valence-electron chi connectivity index (χ2n) is 5.07. The van der Waals surface area contributed by atoms with Crippen molar-refractivity contribution in [2.45, 2.75) is 38.0 Å². The number of Topliss-reactive ketones (excluding diaryl/α,β-unsaturated/α-hetero) is 1. The lowest BCUT2D eigenvalue weighted by Gasteiger charge is -2.28. The molecule has 0 aliphatic heterocycles. The third kappa shape index (κ3) is 4.21. The van der Waals surface area contributed by atoms with E-state index in [2.05, 4.69) is 38.5 Å². The number of ketones is 1. The van der Waals surface area contributed by atoms with Gasteiger partial charge in [-0.1, -0.05) is 15.9 Å². The number of rotatable bonds is 3. The van der Waals surface area contributed by atoms with E-state index in [-0.39, 0.29) is 31.0 Å². The van der Waals surface area contributed by atoms with Crippen molar-refractivity contribution < 1.29 is 13.6 Å². The Bertz CT molecular complexity index is 490. The summed E-state index contributed by atoms with van der Waals surface area (Å²) in [6.07, 6.45) is 1.26. The standard InChI is InChI=1S/C14H14BrF2IO/c15-12-4-3-10(18)7-11(12)13(19)6-9-2-1-5-14(16,17)8-9/h3-4,7,9H,1-2,5-6,8H2. The molecule has 1 aromatic rings. The molecule has 2 rings (SSSR count). The molecule has 1 atom stereocenters. The third-order valence-corrected chi connectivity index (χ3v) is 4.81. The molecular formula is C14H14BrF2IO. The molecule has 0 bridgehead atoms. The van der Waals surface area contributed by atoms with E-state index in [4.69, 9.17) is 0 Å². The minimum Gasteiger partial charge on any atom is -0.294 e. The first-order chi connectivity index (χ1) is 8.87. The van der Waals surface area contributed by atoms with Crippen LogP contribution in [0.5, 0.6) is 0 Å². The first kappa shape index (κ1) is 15.4. The number of halogens is 4. The van der Waals surface area contributed by atoms with Gasteiger partial charge in [-0.05, 0) is 59.5 Å². The van der Waals surface area contributed by atoms with Gasteiger partial charge in [0.2, 0.25) is 5.92 Å². The Morgan fingerprint density at radius 1 is 1.47 bits per heavy atom. The van der Waals surface area contributed by atoms with Gasteiger partial charge in [0.25, 0.3) is 0 Å². The van der Waals surface area contributed by atoms with E-state index in [1.807, 2.05) is 12.1 Å². The zero-order valence-corrected chi connectivity index (χ0v) is 14.0. The van der Waals surface area contributed by atoms with Gasteiger partial charge in [-0.3, -0.25) is 4.79 Å². The summed E-state index contributed by atoms with van der Waals surface area (Å²) in [5, 5.41) is 0. The van der Waals surface area contributed by atoms with E-state index in [9.17, 15) is 13.6 Å². The van der Waals surface area contributed by atoms with Crippen LogP contribution >= 0.6 is 38.5 Å². The van der Waals surface area contributed by atoms with Crippen LogP contribution in [0.15, 0.2) is 22.7 Å². The van der Waals surface area contributed by atoms with Crippen LogP contribution in [0.25, 0.3) is 0 Å². The highest BCUT2D eigenvalue weighted by Gasteiger charge is 2.36. The minimum absolute atomic E-state index is 0.0371. The topological polar surface area (TPSA) is 17.1 Å². The average Bonchev–Trinajstić information content (AvgIpc) is 2.31. The largest absolute Gasteiger partial charge is 0.294 e. The smallest absolute Gasteiger partial charge is 0.248 e. The molecule has 1 aromatic carbocycles. The Balaban J connectivity index is 2.06. The van der Waals surface area contributed by atoms with Crippen molar-refractivity contribution in [3.05, 3.63) is 31.8 Å². The number of alkyl halides is 2. The SMILES string of the molecule is O=C(CC1CCCC(F)(F)C1)c1cc(I)ccc1Br. The van der Waals surface area contributed by atoms with E-state index in [0.29, 0.717) is 12.0 Å². The molecule has 1 unspecified atom stereocenters. The molecule has 1 aliphatic rings. The van der Waals surface area contributed by atoms with Crippen molar-refractivity contribution in [3.8, 4) is 0 Å². The van der Waals surface area contributed by atoms with Crippen molar-refractivity contribution in [2.24, 2.45) is 5.92 Å². The summed E-state index contributed by atoms with van der Waals surface area (Å²) in [5.41, 5.74) is 0.598. The zero-order chi connectivity index (χ0) is 14.0. The molecule has 0 aromatic heterocycles. The fraction of sp³-hybridized carbons (Fsp3) is 0.500. The number of hydrogen-bond acceptors (Lipinski definition) is 1. The summed E-state index contributed by atoms with van der Waals surface area (Å²) < 4.78 is 28.4. The molecule has 0 radical (unpaired) electrons. The monoisotopic (exact) mass is 442 g/mol. The first-order valence-electron chi connectivity index (χ1n) is 6.23. The van der Waals surface area contributed by atoms with Crippen LogP contribution in [0.3, 0.4) is 0 Å². The molecule has 1 nitrogen and oxygen atoms in total. The van der Waals surface area contributed by atoms with Crippen LogP contribution in [0.2, 0.25) is 0 Å². The maximum Gasteiger partial charge on any atom is 0.248 e. The predicted molar refractivity (Wildman–Crippen MR) is 82.7 cm³/mol. The summed E-state index contributed by atoms with van der Waals surface area (Å²) in [6.45, 7) is 0. The normalized spacial score (nSPS) is 22.2. The van der Waals surface area contributed by atoms with Crippen LogP contribution in [-0.4, -0.2) is 11.7 Å². The van der Waals surface area contributed by atoms with Crippen molar-refractivity contribution in [1.29, 1.82) is 0 Å². The lowest BCUT2D eigenvalue weighted by atomic mass is 9.82. The minimum atomic E-state index is -2.59. The Kier molecular flexibility index (Phi) is 4.98. The Morgan fingerprint density at radius 3 is 2.89 bits per heavy atom. The summed E-state index contributed by atoms with van der Waals surface area (Å²) in [4.78, 5) is 12.2. The Morgan fingerprint density at radius 2 is 2.21 bits per heavy atom. The highest BCUT2D eigenvalue weighted by Crippen LogP contribution is 2.38. The summed E-state index contributed by atoms with van der Waals surface area (Å²) in [6, 6.07) is 5.52. The molecule has 0 amide bonds. The van der Waals surface area contributed by atoms with Gasteiger partial charge in [-0.15, -0.1) is 0 Å². The van der Waals surface area contributed by atoms with E-state index >= 15 is 0 Å². The van der Waals surface area contributed by atoms with Gasteiger partial charge in [0.05, 0.1) is 0 Å². The molecule has 1 fully saturated rings. The van der Waals surface area contributed by atoms with Crippen molar-refractivity contribution >= 4 is 44.3 Å². The number of carbonyl (C=O) groups is 1. The molecule has 0 N–H and O–H groups in total. The fourth-order valence-electron chi connectivity index (χ4n) is 2.53. The average molecular weight is 443 g/mol. The Labute approximate surface area is 133 Å². The van der Waals surface area contributed by atoms with Gasteiger partial charge < -0.3 is 0 Å². The molecule has 1 aliphatic carbocycles. The number of carbonyl (C=O) groups excluding carboxylic acids is 1. The fourth-order valence-corrected chi connectivity index (χ4v) is 3.49. The van der Waals surface area contributed by atoms with E-state index < -0.39 is 5.92 Å².